The minimum atomic E-state index is -3.05. The van der Waals surface area contributed by atoms with E-state index in [0.29, 0.717) is 30.8 Å². The van der Waals surface area contributed by atoms with Gasteiger partial charge in [-0.1, -0.05) is 18.2 Å². The number of para-hydroxylation sites is 1. The number of halogens is 2. The van der Waals surface area contributed by atoms with Gasteiger partial charge in [0.25, 0.3) is 5.91 Å². The number of esters is 1. The third-order valence-electron chi connectivity index (χ3n) is 5.18. The van der Waals surface area contributed by atoms with Gasteiger partial charge in [0.1, 0.15) is 11.5 Å². The van der Waals surface area contributed by atoms with E-state index in [-0.39, 0.29) is 37.0 Å². The third kappa shape index (κ3) is 6.90. The maximum atomic E-state index is 13.0. The molecule has 1 N–H and O–H groups in total. The summed E-state index contributed by atoms with van der Waals surface area (Å²) in [7, 11) is 0. The van der Waals surface area contributed by atoms with E-state index in [2.05, 4.69) is 10.1 Å². The molecule has 182 valence electrons. The number of benzene rings is 2. The molecule has 1 unspecified atom stereocenters. The van der Waals surface area contributed by atoms with Crippen LogP contribution in [-0.2, 0) is 14.3 Å². The van der Waals surface area contributed by atoms with Crippen molar-refractivity contribution in [1.82, 2.24) is 4.90 Å². The van der Waals surface area contributed by atoms with Crippen molar-refractivity contribution in [2.75, 3.05) is 31.6 Å². The highest BCUT2D eigenvalue weighted by atomic mass is 19.3. The summed E-state index contributed by atoms with van der Waals surface area (Å²) in [6.07, 6.45) is 1.16. The lowest BCUT2D eigenvalue weighted by Crippen LogP contribution is -2.43. The number of rotatable bonds is 9. The lowest BCUT2D eigenvalue weighted by Gasteiger charge is -2.32. The standard InChI is InChI=1S/C24H26F2N2O6/c1-2-32-21(29)15-33-18-9-5-8-17(13-18)27-22(30)16-7-6-12-28(14-16)23(31)19-10-3-4-11-20(19)34-24(25)26/h3-5,8-11,13,16,24H,2,6-7,12,14-15H2,1H3,(H,27,30). The molecule has 1 heterocycles. The number of nitrogens with one attached hydrogen (secondary N) is 1. The number of carbonyl (C=O) groups is 3. The number of ether oxygens (including phenoxy) is 3. The van der Waals surface area contributed by atoms with Gasteiger partial charge < -0.3 is 24.4 Å². The van der Waals surface area contributed by atoms with Gasteiger partial charge in [0, 0.05) is 24.8 Å². The maximum Gasteiger partial charge on any atom is 0.387 e. The highest BCUT2D eigenvalue weighted by Crippen LogP contribution is 2.26. The van der Waals surface area contributed by atoms with Gasteiger partial charge in [0.15, 0.2) is 6.61 Å². The molecule has 0 aromatic heterocycles. The van der Waals surface area contributed by atoms with Crippen LogP contribution in [0.1, 0.15) is 30.1 Å². The van der Waals surface area contributed by atoms with E-state index in [1.807, 2.05) is 0 Å². The molecule has 2 aromatic rings. The predicted octanol–water partition coefficient (Wildman–Crippen LogP) is 3.72. The van der Waals surface area contributed by atoms with Crippen molar-refractivity contribution in [3.8, 4) is 11.5 Å². The Kier molecular flexibility index (Phi) is 8.78. The Morgan fingerprint density at radius 2 is 1.94 bits per heavy atom. The van der Waals surface area contributed by atoms with Gasteiger partial charge in [-0.2, -0.15) is 8.78 Å². The molecule has 2 amide bonds. The number of carbonyl (C=O) groups excluding carboxylic acids is 3. The molecule has 34 heavy (non-hydrogen) atoms. The summed E-state index contributed by atoms with van der Waals surface area (Å²) in [5.41, 5.74) is 0.501. The van der Waals surface area contributed by atoms with E-state index >= 15 is 0 Å². The third-order valence-corrected chi connectivity index (χ3v) is 5.18. The number of hydrogen-bond acceptors (Lipinski definition) is 6. The Labute approximate surface area is 195 Å². The molecular weight excluding hydrogens is 450 g/mol. The van der Waals surface area contributed by atoms with Gasteiger partial charge in [-0.25, -0.2) is 4.79 Å². The molecule has 1 aliphatic heterocycles. The smallest absolute Gasteiger partial charge is 0.387 e. The Hall–Kier alpha value is -3.69. The number of alkyl halides is 2. The number of amides is 2. The molecule has 0 bridgehead atoms. The van der Waals surface area contributed by atoms with Crippen molar-refractivity contribution in [3.05, 3.63) is 54.1 Å². The van der Waals surface area contributed by atoms with Gasteiger partial charge in [-0.05, 0) is 44.0 Å². The highest BCUT2D eigenvalue weighted by Gasteiger charge is 2.30. The summed E-state index contributed by atoms with van der Waals surface area (Å²) in [5.74, 6) is -1.54. The summed E-state index contributed by atoms with van der Waals surface area (Å²) in [4.78, 5) is 38.7. The Morgan fingerprint density at radius 3 is 2.71 bits per heavy atom. The van der Waals surface area contributed by atoms with Gasteiger partial charge in [0.2, 0.25) is 5.91 Å². The molecule has 1 fully saturated rings. The molecule has 1 aliphatic rings. The first-order valence-electron chi connectivity index (χ1n) is 10.9. The Balaban J connectivity index is 1.61. The molecule has 0 saturated carbocycles. The molecule has 10 heteroatoms. The Bertz CT molecular complexity index is 1020. The van der Waals surface area contributed by atoms with E-state index in [1.165, 1.54) is 23.1 Å². The van der Waals surface area contributed by atoms with Crippen molar-refractivity contribution < 1.29 is 37.4 Å². The zero-order valence-electron chi connectivity index (χ0n) is 18.7. The van der Waals surface area contributed by atoms with E-state index in [9.17, 15) is 23.2 Å². The van der Waals surface area contributed by atoms with Crippen LogP contribution in [0, 0.1) is 5.92 Å². The number of nitrogens with zero attached hydrogens (tertiary/aromatic N) is 1. The number of anilines is 1. The number of likely N-dealkylation sites (tertiary alicyclic amines) is 1. The molecule has 3 rings (SSSR count). The molecule has 0 aliphatic carbocycles. The topological polar surface area (TPSA) is 94.2 Å². The molecule has 2 aromatic carbocycles. The SMILES string of the molecule is CCOC(=O)COc1cccc(NC(=O)C2CCCN(C(=O)c3ccccc3OC(F)F)C2)c1. The first kappa shape index (κ1) is 24.9. The van der Waals surface area contributed by atoms with Crippen LogP contribution in [0.25, 0.3) is 0 Å². The van der Waals surface area contributed by atoms with Gasteiger partial charge >= 0.3 is 12.6 Å². The van der Waals surface area contributed by atoms with Crippen LogP contribution in [0.15, 0.2) is 48.5 Å². The average molecular weight is 476 g/mol. The molecule has 0 radical (unpaired) electrons. The zero-order chi connectivity index (χ0) is 24.5. The summed E-state index contributed by atoms with van der Waals surface area (Å²) in [6, 6.07) is 12.4. The van der Waals surface area contributed by atoms with E-state index in [0.717, 1.165) is 0 Å². The lowest BCUT2D eigenvalue weighted by atomic mass is 9.96. The quantitative estimate of drug-likeness (QED) is 0.555. The second kappa shape index (κ2) is 12.0. The molecule has 1 atom stereocenters. The van der Waals surface area contributed by atoms with E-state index in [4.69, 9.17) is 9.47 Å². The van der Waals surface area contributed by atoms with E-state index < -0.39 is 24.4 Å². The van der Waals surface area contributed by atoms with Crippen molar-refractivity contribution in [3.63, 3.8) is 0 Å². The monoisotopic (exact) mass is 476 g/mol. The molecular formula is C24H26F2N2O6. The molecule has 1 saturated heterocycles. The number of hydrogen-bond donors (Lipinski definition) is 1. The van der Waals surface area contributed by atoms with Crippen LogP contribution in [0.4, 0.5) is 14.5 Å². The van der Waals surface area contributed by atoms with Crippen molar-refractivity contribution in [2.24, 2.45) is 5.92 Å². The van der Waals surface area contributed by atoms with Gasteiger partial charge in [-0.15, -0.1) is 0 Å². The summed E-state index contributed by atoms with van der Waals surface area (Å²) in [6.45, 7) is -0.795. The zero-order valence-corrected chi connectivity index (χ0v) is 18.7. The van der Waals surface area contributed by atoms with Crippen molar-refractivity contribution >= 4 is 23.5 Å². The first-order valence-corrected chi connectivity index (χ1v) is 10.9. The van der Waals surface area contributed by atoms with Crippen LogP contribution >= 0.6 is 0 Å². The van der Waals surface area contributed by atoms with Crippen molar-refractivity contribution in [1.29, 1.82) is 0 Å². The van der Waals surface area contributed by atoms with Crippen molar-refractivity contribution in [2.45, 2.75) is 26.4 Å². The fourth-order valence-electron chi connectivity index (χ4n) is 3.64. The Morgan fingerprint density at radius 1 is 1.15 bits per heavy atom. The summed E-state index contributed by atoms with van der Waals surface area (Å²) < 4.78 is 40.1. The highest BCUT2D eigenvalue weighted by molar-refractivity contribution is 5.98. The normalized spacial score (nSPS) is 15.5. The predicted molar refractivity (Wildman–Crippen MR) is 119 cm³/mol. The van der Waals surface area contributed by atoms with Crippen LogP contribution in [0.2, 0.25) is 0 Å². The fraction of sp³-hybridized carbons (Fsp3) is 0.375. The van der Waals surface area contributed by atoms with Crippen LogP contribution in [0.5, 0.6) is 11.5 Å². The minimum Gasteiger partial charge on any atom is -0.482 e. The molecule has 0 spiro atoms. The molecule has 8 nitrogen and oxygen atoms in total. The summed E-state index contributed by atoms with van der Waals surface area (Å²) in [5, 5.41) is 2.80. The average Bonchev–Trinajstić information content (AvgIpc) is 2.83. The maximum absolute atomic E-state index is 13.0. The lowest BCUT2D eigenvalue weighted by molar-refractivity contribution is -0.145. The van der Waals surface area contributed by atoms with Crippen LogP contribution < -0.4 is 14.8 Å². The fourth-order valence-corrected chi connectivity index (χ4v) is 3.64. The second-order valence-corrected chi connectivity index (χ2v) is 7.58. The van der Waals surface area contributed by atoms with E-state index in [1.54, 1.807) is 37.3 Å². The van der Waals surface area contributed by atoms with Crippen LogP contribution in [0.3, 0.4) is 0 Å². The van der Waals surface area contributed by atoms with Crippen LogP contribution in [-0.4, -0.2) is 55.6 Å². The van der Waals surface area contributed by atoms with Gasteiger partial charge in [-0.3, -0.25) is 9.59 Å². The first-order chi connectivity index (χ1) is 16.4. The minimum absolute atomic E-state index is 0.0234. The second-order valence-electron chi connectivity index (χ2n) is 7.58. The largest absolute Gasteiger partial charge is 0.482 e. The number of piperidine rings is 1. The van der Waals surface area contributed by atoms with Gasteiger partial charge in [0.05, 0.1) is 18.1 Å². The summed E-state index contributed by atoms with van der Waals surface area (Å²) >= 11 is 0.